The molecule has 0 spiro atoms. The van der Waals surface area contributed by atoms with Crippen molar-refractivity contribution in [2.24, 2.45) is 0 Å². The summed E-state index contributed by atoms with van der Waals surface area (Å²) >= 11 is 9.26. The SMILES string of the molecule is CC1CN(c2cnc(C(=O)Nc3nc(-c4cc(Cl)cs4)c(CN4[C@H](C)CC[C@H]4C)s3)cn2)CCN1CCC(=O)O. The fraction of sp³-hybridized carbons (Fsp3) is 0.519. The predicted molar refractivity (Wildman–Crippen MR) is 160 cm³/mol. The fourth-order valence-corrected chi connectivity index (χ4v) is 7.54. The van der Waals surface area contributed by atoms with Crippen molar-refractivity contribution in [2.45, 2.75) is 64.7 Å². The minimum absolute atomic E-state index is 0.133. The van der Waals surface area contributed by atoms with Crippen molar-refractivity contribution in [3.05, 3.63) is 39.4 Å². The average molecular weight is 604 g/mol. The smallest absolute Gasteiger partial charge is 0.304 e. The first kappa shape index (κ1) is 28.9. The van der Waals surface area contributed by atoms with Gasteiger partial charge in [-0.15, -0.1) is 11.3 Å². The second-order valence-electron chi connectivity index (χ2n) is 10.6. The van der Waals surface area contributed by atoms with Crippen LogP contribution in [0.25, 0.3) is 10.6 Å². The molecule has 3 atom stereocenters. The van der Waals surface area contributed by atoms with Crippen molar-refractivity contribution in [1.82, 2.24) is 24.8 Å². The van der Waals surface area contributed by atoms with Crippen LogP contribution in [0, 0.1) is 0 Å². The summed E-state index contributed by atoms with van der Waals surface area (Å²) in [6.45, 7) is 10.1. The van der Waals surface area contributed by atoms with E-state index in [-0.39, 0.29) is 24.1 Å². The lowest BCUT2D eigenvalue weighted by atomic mass is 10.2. The van der Waals surface area contributed by atoms with Gasteiger partial charge in [0.1, 0.15) is 11.5 Å². The van der Waals surface area contributed by atoms with E-state index < -0.39 is 5.97 Å². The first-order valence-corrected chi connectivity index (χ1v) is 15.6. The molecule has 3 aromatic rings. The number of carboxylic acid groups (broad SMARTS) is 1. The molecule has 2 aliphatic heterocycles. The van der Waals surface area contributed by atoms with E-state index in [0.29, 0.717) is 41.1 Å². The Morgan fingerprint density at radius 1 is 1.12 bits per heavy atom. The van der Waals surface area contributed by atoms with Crippen molar-refractivity contribution in [3.8, 4) is 10.6 Å². The monoisotopic (exact) mass is 603 g/mol. The lowest BCUT2D eigenvalue weighted by Crippen LogP contribution is -2.52. The van der Waals surface area contributed by atoms with Crippen LogP contribution in [0.5, 0.6) is 0 Å². The van der Waals surface area contributed by atoms with Crippen molar-refractivity contribution in [3.63, 3.8) is 0 Å². The third-order valence-electron chi connectivity index (χ3n) is 7.75. The summed E-state index contributed by atoms with van der Waals surface area (Å²) < 4.78 is 0. The summed E-state index contributed by atoms with van der Waals surface area (Å²) in [6.07, 6.45) is 5.61. The number of hydrogen-bond acceptors (Lipinski definition) is 10. The molecular formula is C27H34ClN7O3S2. The van der Waals surface area contributed by atoms with E-state index in [0.717, 1.165) is 35.1 Å². The molecule has 10 nitrogen and oxygen atoms in total. The standard InChI is InChI=1S/C27H34ClN7O3S2/c1-16-4-5-17(2)35(16)14-22-25(21-10-19(28)15-39-21)31-27(40-22)32-26(38)20-11-30-23(12-29-20)34-9-8-33(18(3)13-34)7-6-24(36)37/h10-12,15-18H,4-9,13-14H2,1-3H3,(H,36,37)(H,31,32,38)/t16-,17-,18?/m1/s1. The van der Waals surface area contributed by atoms with Gasteiger partial charge in [-0.25, -0.2) is 15.0 Å². The lowest BCUT2D eigenvalue weighted by Gasteiger charge is -2.40. The Morgan fingerprint density at radius 2 is 1.90 bits per heavy atom. The van der Waals surface area contributed by atoms with Crippen LogP contribution in [-0.4, -0.2) is 86.0 Å². The molecule has 2 saturated heterocycles. The van der Waals surface area contributed by atoms with Crippen molar-refractivity contribution in [2.75, 3.05) is 36.4 Å². The first-order chi connectivity index (χ1) is 19.2. The molecule has 1 amide bonds. The molecule has 5 rings (SSSR count). The number of thiophene rings is 1. The number of carbonyl (C=O) groups excluding carboxylic acids is 1. The number of carboxylic acids is 1. The van der Waals surface area contributed by atoms with Crippen LogP contribution < -0.4 is 10.2 Å². The molecule has 0 radical (unpaired) electrons. The van der Waals surface area contributed by atoms with Crippen molar-refractivity contribution >= 4 is 57.1 Å². The van der Waals surface area contributed by atoms with Crippen LogP contribution in [0.15, 0.2) is 23.8 Å². The number of anilines is 2. The Hall–Kier alpha value is -2.64. The number of thiazole rings is 1. The van der Waals surface area contributed by atoms with E-state index in [1.54, 1.807) is 17.5 Å². The Labute approximate surface area is 247 Å². The molecule has 2 fully saturated rings. The summed E-state index contributed by atoms with van der Waals surface area (Å²) in [5.41, 5.74) is 1.08. The van der Waals surface area contributed by atoms with Gasteiger partial charge in [-0.2, -0.15) is 0 Å². The Bertz CT molecular complexity index is 1340. The van der Waals surface area contributed by atoms with E-state index in [2.05, 4.69) is 50.8 Å². The summed E-state index contributed by atoms with van der Waals surface area (Å²) in [7, 11) is 0. The molecule has 2 aliphatic rings. The zero-order chi connectivity index (χ0) is 28.4. The summed E-state index contributed by atoms with van der Waals surface area (Å²) in [5, 5.41) is 15.0. The molecule has 13 heteroatoms. The highest BCUT2D eigenvalue weighted by Gasteiger charge is 2.30. The van der Waals surface area contributed by atoms with Gasteiger partial charge in [-0.3, -0.25) is 24.7 Å². The molecule has 40 heavy (non-hydrogen) atoms. The third-order valence-corrected chi connectivity index (χ3v) is 9.99. The number of nitrogens with zero attached hydrogens (tertiary/aromatic N) is 6. The quantitative estimate of drug-likeness (QED) is 0.351. The van der Waals surface area contributed by atoms with E-state index >= 15 is 0 Å². The Morgan fingerprint density at radius 3 is 2.52 bits per heavy atom. The first-order valence-electron chi connectivity index (χ1n) is 13.5. The van der Waals surface area contributed by atoms with Crippen LogP contribution in [0.4, 0.5) is 10.9 Å². The number of nitrogens with one attached hydrogen (secondary N) is 1. The van der Waals surface area contributed by atoms with Gasteiger partial charge < -0.3 is 10.0 Å². The second kappa shape index (κ2) is 12.5. The van der Waals surface area contributed by atoms with Gasteiger partial charge in [0.2, 0.25) is 0 Å². The molecule has 0 saturated carbocycles. The number of aliphatic carboxylic acids is 1. The molecule has 2 N–H and O–H groups in total. The van der Waals surface area contributed by atoms with Gasteiger partial charge in [0.25, 0.3) is 5.91 Å². The number of amides is 1. The van der Waals surface area contributed by atoms with Gasteiger partial charge in [0.05, 0.1) is 34.4 Å². The number of aromatic nitrogens is 3. The number of carbonyl (C=O) groups is 2. The lowest BCUT2D eigenvalue weighted by molar-refractivity contribution is -0.137. The topological polar surface area (TPSA) is 115 Å². The van der Waals surface area contributed by atoms with Crippen LogP contribution in [0.2, 0.25) is 5.02 Å². The van der Waals surface area contributed by atoms with Gasteiger partial charge in [0, 0.05) is 61.1 Å². The maximum atomic E-state index is 13.1. The summed E-state index contributed by atoms with van der Waals surface area (Å²) in [4.78, 5) is 46.6. The number of likely N-dealkylation sites (tertiary alicyclic amines) is 1. The van der Waals surface area contributed by atoms with Crippen LogP contribution in [0.1, 0.15) is 55.4 Å². The second-order valence-corrected chi connectivity index (χ2v) is 13.0. The fourth-order valence-electron chi connectivity index (χ4n) is 5.41. The van der Waals surface area contributed by atoms with Gasteiger partial charge in [-0.05, 0) is 39.7 Å². The highest BCUT2D eigenvalue weighted by Crippen LogP contribution is 2.38. The molecule has 214 valence electrons. The van der Waals surface area contributed by atoms with Gasteiger partial charge in [0.15, 0.2) is 5.13 Å². The number of piperazine rings is 1. The molecule has 0 bridgehead atoms. The largest absolute Gasteiger partial charge is 0.481 e. The molecular weight excluding hydrogens is 570 g/mol. The highest BCUT2D eigenvalue weighted by atomic mass is 35.5. The molecule has 5 heterocycles. The average Bonchev–Trinajstić information content (AvgIpc) is 3.63. The van der Waals surface area contributed by atoms with Crippen LogP contribution in [-0.2, 0) is 11.3 Å². The van der Waals surface area contributed by atoms with Gasteiger partial charge in [-0.1, -0.05) is 22.9 Å². The normalized spacial score (nSPS) is 22.1. The van der Waals surface area contributed by atoms with E-state index in [1.165, 1.54) is 30.4 Å². The van der Waals surface area contributed by atoms with Crippen LogP contribution in [0.3, 0.4) is 0 Å². The molecule has 3 aromatic heterocycles. The maximum absolute atomic E-state index is 13.1. The third kappa shape index (κ3) is 6.63. The predicted octanol–water partition coefficient (Wildman–Crippen LogP) is 4.93. The van der Waals surface area contributed by atoms with E-state index in [4.69, 9.17) is 21.7 Å². The minimum atomic E-state index is -0.786. The van der Waals surface area contributed by atoms with Crippen molar-refractivity contribution in [1.29, 1.82) is 0 Å². The Balaban J connectivity index is 1.26. The summed E-state index contributed by atoms with van der Waals surface area (Å²) in [6, 6.07) is 3.11. The zero-order valence-electron chi connectivity index (χ0n) is 22.8. The van der Waals surface area contributed by atoms with Crippen LogP contribution >= 0.6 is 34.3 Å². The van der Waals surface area contributed by atoms with Gasteiger partial charge >= 0.3 is 5.97 Å². The molecule has 0 aromatic carbocycles. The van der Waals surface area contributed by atoms with E-state index in [9.17, 15) is 9.59 Å². The number of hydrogen-bond donors (Lipinski definition) is 2. The Kier molecular flexibility index (Phi) is 9.01. The molecule has 1 unspecified atom stereocenters. The van der Waals surface area contributed by atoms with E-state index in [1.807, 2.05) is 11.4 Å². The number of halogens is 1. The summed E-state index contributed by atoms with van der Waals surface area (Å²) in [5.74, 6) is -0.445. The minimum Gasteiger partial charge on any atom is -0.481 e. The number of rotatable bonds is 9. The zero-order valence-corrected chi connectivity index (χ0v) is 25.2. The van der Waals surface area contributed by atoms with Crippen molar-refractivity contribution < 1.29 is 14.7 Å². The molecule has 0 aliphatic carbocycles. The highest BCUT2D eigenvalue weighted by molar-refractivity contribution is 7.17. The maximum Gasteiger partial charge on any atom is 0.304 e.